The molecule has 0 rings (SSSR count). The maximum atomic E-state index is 10.7. The first-order valence-electron chi connectivity index (χ1n) is 4.05. The van der Waals surface area contributed by atoms with Crippen molar-refractivity contribution >= 4 is 11.8 Å². The summed E-state index contributed by atoms with van der Waals surface area (Å²) in [6.07, 6.45) is 0.454. The Labute approximate surface area is 76.6 Å². The van der Waals surface area contributed by atoms with Gasteiger partial charge in [-0.3, -0.25) is 4.79 Å². The zero-order valence-electron chi connectivity index (χ0n) is 7.62. The van der Waals surface area contributed by atoms with E-state index in [0.29, 0.717) is 6.42 Å². The number of ether oxygens (including phenoxy) is 2. The number of ketones is 1. The zero-order chi connectivity index (χ0) is 10.1. The van der Waals surface area contributed by atoms with E-state index in [2.05, 4.69) is 4.74 Å². The smallest absolute Gasteiger partial charge is 0.329 e. The fraction of sp³-hybridized carbons (Fsp3) is 0.750. The van der Waals surface area contributed by atoms with Gasteiger partial charge >= 0.3 is 5.97 Å². The van der Waals surface area contributed by atoms with Crippen molar-refractivity contribution in [1.29, 1.82) is 0 Å². The van der Waals surface area contributed by atoms with Crippen LogP contribution < -0.4 is 0 Å². The predicted molar refractivity (Wildman–Crippen MR) is 44.6 cm³/mol. The summed E-state index contributed by atoms with van der Waals surface area (Å²) in [5, 5.41) is 8.18. The number of aliphatic carboxylic acids is 1. The number of carbonyl (C=O) groups excluding carboxylic acids is 1. The summed E-state index contributed by atoms with van der Waals surface area (Å²) in [6.45, 7) is 1.95. The second-order valence-electron chi connectivity index (χ2n) is 2.39. The first-order chi connectivity index (χ1) is 6.16. The Kier molecular flexibility index (Phi) is 7.14. The predicted octanol–water partition coefficient (Wildman–Crippen LogP) is 0.0833. The number of rotatable bonds is 8. The van der Waals surface area contributed by atoms with E-state index < -0.39 is 5.97 Å². The average Bonchev–Trinajstić information content (AvgIpc) is 2.10. The number of carboxylic acids is 1. The Bertz CT molecular complexity index is 166. The molecule has 0 fully saturated rings. The van der Waals surface area contributed by atoms with E-state index in [0.717, 1.165) is 0 Å². The quantitative estimate of drug-likeness (QED) is 0.549. The van der Waals surface area contributed by atoms with Crippen LogP contribution in [0.4, 0.5) is 0 Å². The summed E-state index contributed by atoms with van der Waals surface area (Å²) in [7, 11) is 0. The van der Waals surface area contributed by atoms with Crippen molar-refractivity contribution in [3.63, 3.8) is 0 Å². The van der Waals surface area contributed by atoms with E-state index in [-0.39, 0.29) is 32.2 Å². The number of Topliss-reactive ketones (excluding diaryl/α,β-unsaturated/α-hetero) is 1. The molecule has 0 heterocycles. The Morgan fingerprint density at radius 2 is 1.69 bits per heavy atom. The Hall–Kier alpha value is -0.940. The van der Waals surface area contributed by atoms with E-state index >= 15 is 0 Å². The highest BCUT2D eigenvalue weighted by molar-refractivity contribution is 5.79. The van der Waals surface area contributed by atoms with Gasteiger partial charge < -0.3 is 14.6 Å². The van der Waals surface area contributed by atoms with Gasteiger partial charge in [-0.1, -0.05) is 6.92 Å². The topological polar surface area (TPSA) is 72.8 Å². The third-order valence-corrected chi connectivity index (χ3v) is 1.25. The molecule has 0 aromatic carbocycles. The third kappa shape index (κ3) is 8.97. The summed E-state index contributed by atoms with van der Waals surface area (Å²) in [5.41, 5.74) is 0. The number of hydrogen-bond donors (Lipinski definition) is 1. The fourth-order valence-electron chi connectivity index (χ4n) is 0.565. The summed E-state index contributed by atoms with van der Waals surface area (Å²) >= 11 is 0. The molecule has 0 spiro atoms. The maximum absolute atomic E-state index is 10.7. The minimum Gasteiger partial charge on any atom is -0.480 e. The molecule has 5 heteroatoms. The lowest BCUT2D eigenvalue weighted by atomic mass is 10.3. The molecule has 76 valence electrons. The van der Waals surface area contributed by atoms with E-state index in [9.17, 15) is 9.59 Å². The molecule has 0 saturated heterocycles. The highest BCUT2D eigenvalue weighted by Gasteiger charge is 1.98. The van der Waals surface area contributed by atoms with Crippen molar-refractivity contribution in [2.75, 3.05) is 26.4 Å². The number of carbonyl (C=O) groups is 2. The SMILES string of the molecule is CCC(=O)COCCOCC(=O)O. The van der Waals surface area contributed by atoms with Crippen LogP contribution in [0, 0.1) is 0 Å². The second-order valence-corrected chi connectivity index (χ2v) is 2.39. The molecule has 0 amide bonds. The monoisotopic (exact) mass is 190 g/mol. The molecule has 5 nitrogen and oxygen atoms in total. The molecule has 0 aliphatic rings. The number of carboxylic acid groups (broad SMARTS) is 1. The van der Waals surface area contributed by atoms with E-state index in [1.165, 1.54) is 0 Å². The minimum atomic E-state index is -1.01. The van der Waals surface area contributed by atoms with Crippen LogP contribution in [0.25, 0.3) is 0 Å². The van der Waals surface area contributed by atoms with Crippen LogP contribution in [0.15, 0.2) is 0 Å². The van der Waals surface area contributed by atoms with E-state index in [1.54, 1.807) is 6.92 Å². The van der Waals surface area contributed by atoms with Crippen molar-refractivity contribution in [2.45, 2.75) is 13.3 Å². The molecule has 0 radical (unpaired) electrons. The molecule has 0 atom stereocenters. The molecular formula is C8H14O5. The lowest BCUT2D eigenvalue weighted by molar-refractivity contribution is -0.143. The summed E-state index contributed by atoms with van der Waals surface area (Å²) in [6, 6.07) is 0. The van der Waals surface area contributed by atoms with Gasteiger partial charge in [0.2, 0.25) is 0 Å². The van der Waals surface area contributed by atoms with Gasteiger partial charge in [0, 0.05) is 6.42 Å². The summed E-state index contributed by atoms with van der Waals surface area (Å²) in [5.74, 6) is -0.983. The molecular weight excluding hydrogens is 176 g/mol. The van der Waals surface area contributed by atoms with Crippen LogP contribution in [0.1, 0.15) is 13.3 Å². The Balaban J connectivity index is 3.08. The van der Waals surface area contributed by atoms with Crippen LogP contribution in [0.3, 0.4) is 0 Å². The molecule has 0 bridgehead atoms. The normalized spacial score (nSPS) is 9.92. The van der Waals surface area contributed by atoms with Crippen LogP contribution in [0.2, 0.25) is 0 Å². The Morgan fingerprint density at radius 3 is 2.15 bits per heavy atom. The Morgan fingerprint density at radius 1 is 1.15 bits per heavy atom. The van der Waals surface area contributed by atoms with Crippen LogP contribution in [-0.2, 0) is 19.1 Å². The van der Waals surface area contributed by atoms with Gasteiger partial charge in [-0.25, -0.2) is 4.79 Å². The van der Waals surface area contributed by atoms with Crippen molar-refractivity contribution < 1.29 is 24.2 Å². The molecule has 1 N–H and O–H groups in total. The highest BCUT2D eigenvalue weighted by Crippen LogP contribution is 1.84. The first kappa shape index (κ1) is 12.1. The van der Waals surface area contributed by atoms with Crippen LogP contribution in [-0.4, -0.2) is 43.3 Å². The lowest BCUT2D eigenvalue weighted by Gasteiger charge is -2.02. The largest absolute Gasteiger partial charge is 0.480 e. The van der Waals surface area contributed by atoms with Crippen molar-refractivity contribution in [3.8, 4) is 0 Å². The maximum Gasteiger partial charge on any atom is 0.329 e. The van der Waals surface area contributed by atoms with Crippen LogP contribution in [0.5, 0.6) is 0 Å². The van der Waals surface area contributed by atoms with E-state index in [1.807, 2.05) is 0 Å². The standard InChI is InChI=1S/C8H14O5/c1-2-7(9)5-12-3-4-13-6-8(10)11/h2-6H2,1H3,(H,10,11). The summed E-state index contributed by atoms with van der Waals surface area (Å²) < 4.78 is 9.58. The van der Waals surface area contributed by atoms with E-state index in [4.69, 9.17) is 9.84 Å². The lowest BCUT2D eigenvalue weighted by Crippen LogP contribution is -2.14. The molecule has 0 unspecified atom stereocenters. The van der Waals surface area contributed by atoms with Gasteiger partial charge in [-0.05, 0) is 0 Å². The van der Waals surface area contributed by atoms with Crippen LogP contribution >= 0.6 is 0 Å². The zero-order valence-corrected chi connectivity index (χ0v) is 7.62. The third-order valence-electron chi connectivity index (χ3n) is 1.25. The molecule has 0 aromatic rings. The van der Waals surface area contributed by atoms with Gasteiger partial charge in [-0.15, -0.1) is 0 Å². The fourth-order valence-corrected chi connectivity index (χ4v) is 0.565. The van der Waals surface area contributed by atoms with Crippen molar-refractivity contribution in [3.05, 3.63) is 0 Å². The molecule has 13 heavy (non-hydrogen) atoms. The first-order valence-corrected chi connectivity index (χ1v) is 4.05. The van der Waals surface area contributed by atoms with Gasteiger partial charge in [0.05, 0.1) is 13.2 Å². The van der Waals surface area contributed by atoms with Gasteiger partial charge in [0.15, 0.2) is 5.78 Å². The molecule has 0 aliphatic heterocycles. The number of hydrogen-bond acceptors (Lipinski definition) is 4. The van der Waals surface area contributed by atoms with Gasteiger partial charge in [0.1, 0.15) is 13.2 Å². The highest BCUT2D eigenvalue weighted by atomic mass is 16.5. The average molecular weight is 190 g/mol. The van der Waals surface area contributed by atoms with Gasteiger partial charge in [-0.2, -0.15) is 0 Å². The molecule has 0 saturated carbocycles. The molecule has 0 aromatic heterocycles. The van der Waals surface area contributed by atoms with Crippen molar-refractivity contribution in [1.82, 2.24) is 0 Å². The van der Waals surface area contributed by atoms with Gasteiger partial charge in [0.25, 0.3) is 0 Å². The van der Waals surface area contributed by atoms with Crippen molar-refractivity contribution in [2.24, 2.45) is 0 Å². The summed E-state index contributed by atoms with van der Waals surface area (Å²) in [4.78, 5) is 20.7. The molecule has 0 aliphatic carbocycles. The second kappa shape index (κ2) is 7.70. The minimum absolute atomic E-state index is 0.0261.